The van der Waals surface area contributed by atoms with Crippen molar-refractivity contribution in [2.45, 2.75) is 6.54 Å². The minimum atomic E-state index is -1.54. The number of rotatable bonds is 5. The number of ether oxygens (including phenoxy) is 1. The summed E-state index contributed by atoms with van der Waals surface area (Å²) in [6, 6.07) is 16.9. The minimum Gasteiger partial charge on any atom is -0.497 e. The Balaban J connectivity index is 1.81. The van der Waals surface area contributed by atoms with Crippen LogP contribution in [0.2, 0.25) is 0 Å². The molecule has 0 fully saturated rings. The predicted octanol–water partition coefficient (Wildman–Crippen LogP) is 1.54. The average Bonchev–Trinajstić information content (AvgIpc) is 2.59. The summed E-state index contributed by atoms with van der Waals surface area (Å²) in [7, 11) is 0.0995. The normalized spacial score (nSPS) is 10.6. The number of fused-ring (bicyclic) bond motifs is 1. The number of aromatic nitrogens is 1. The highest BCUT2D eigenvalue weighted by Gasteiger charge is 2.15. The van der Waals surface area contributed by atoms with Crippen LogP contribution in [0.5, 0.6) is 5.75 Å². The molecule has 0 atom stereocenters. The van der Waals surface area contributed by atoms with E-state index >= 15 is 0 Å². The zero-order chi connectivity index (χ0) is 16.2. The van der Waals surface area contributed by atoms with Crippen LogP contribution in [0.4, 0.5) is 5.82 Å². The van der Waals surface area contributed by atoms with Crippen LogP contribution in [0.25, 0.3) is 10.9 Å². The number of benzene rings is 2. The second-order valence-corrected chi connectivity index (χ2v) is 5.19. The highest BCUT2D eigenvalue weighted by Crippen LogP contribution is 2.16. The molecule has 116 valence electrons. The molecule has 0 amide bonds. The van der Waals surface area contributed by atoms with Crippen LogP contribution < -0.4 is 15.5 Å². The molecular weight excluding hydrogens is 291 g/mol. The summed E-state index contributed by atoms with van der Waals surface area (Å²) in [5.41, 5.74) is 2.08. The number of hydrogen-bond donors (Lipinski definition) is 3. The standard InChI is InChI=1S/C17H17BN2O3/c1-23-14-8-5-12(6-9-14)11-19-16-10-7-13-3-2-4-15(18(21)22)17(13)20-16/h2-10,21-22H,11H2,1H3,(H,19,20). The van der Waals surface area contributed by atoms with E-state index in [1.54, 1.807) is 19.2 Å². The monoisotopic (exact) mass is 308 g/mol. The van der Waals surface area contributed by atoms with Crippen molar-refractivity contribution in [1.82, 2.24) is 4.98 Å². The van der Waals surface area contributed by atoms with E-state index in [4.69, 9.17) is 4.74 Å². The number of nitrogens with one attached hydrogen (secondary N) is 1. The molecule has 3 rings (SSSR count). The van der Waals surface area contributed by atoms with Gasteiger partial charge in [-0.3, -0.25) is 0 Å². The van der Waals surface area contributed by atoms with Gasteiger partial charge in [0, 0.05) is 12.0 Å². The van der Waals surface area contributed by atoms with Crippen LogP contribution in [0, 0.1) is 0 Å². The molecule has 1 heterocycles. The Hall–Kier alpha value is -2.57. The van der Waals surface area contributed by atoms with E-state index in [1.807, 2.05) is 42.5 Å². The quantitative estimate of drug-likeness (QED) is 0.623. The lowest BCUT2D eigenvalue weighted by molar-refractivity contribution is 0.414. The van der Waals surface area contributed by atoms with E-state index in [0.29, 0.717) is 23.3 Å². The Morgan fingerprint density at radius 3 is 2.52 bits per heavy atom. The molecule has 3 aromatic rings. The van der Waals surface area contributed by atoms with Gasteiger partial charge in [0.25, 0.3) is 0 Å². The number of nitrogens with zero attached hydrogens (tertiary/aromatic N) is 1. The maximum Gasteiger partial charge on any atom is 0.490 e. The van der Waals surface area contributed by atoms with Crippen LogP contribution in [0.3, 0.4) is 0 Å². The second kappa shape index (κ2) is 6.68. The number of para-hydroxylation sites is 1. The van der Waals surface area contributed by atoms with Crippen LogP contribution in [0.15, 0.2) is 54.6 Å². The molecule has 0 aliphatic carbocycles. The Kier molecular flexibility index (Phi) is 4.46. The summed E-state index contributed by atoms with van der Waals surface area (Å²) in [6.45, 7) is 0.617. The molecule has 6 heteroatoms. The van der Waals surface area contributed by atoms with E-state index in [-0.39, 0.29) is 0 Å². The van der Waals surface area contributed by atoms with E-state index in [1.165, 1.54) is 0 Å². The first kappa shape index (κ1) is 15.3. The predicted molar refractivity (Wildman–Crippen MR) is 91.9 cm³/mol. The van der Waals surface area contributed by atoms with Gasteiger partial charge in [-0.05, 0) is 35.2 Å². The zero-order valence-electron chi connectivity index (χ0n) is 12.7. The summed E-state index contributed by atoms with van der Waals surface area (Å²) in [4.78, 5) is 4.49. The third-order valence-corrected chi connectivity index (χ3v) is 3.66. The largest absolute Gasteiger partial charge is 0.497 e. The fourth-order valence-electron chi connectivity index (χ4n) is 2.41. The van der Waals surface area contributed by atoms with E-state index in [2.05, 4.69) is 10.3 Å². The van der Waals surface area contributed by atoms with Crippen molar-refractivity contribution in [3.8, 4) is 5.75 Å². The van der Waals surface area contributed by atoms with Gasteiger partial charge >= 0.3 is 7.12 Å². The van der Waals surface area contributed by atoms with Crippen molar-refractivity contribution in [3.63, 3.8) is 0 Å². The van der Waals surface area contributed by atoms with Crippen molar-refractivity contribution >= 4 is 29.3 Å². The maximum atomic E-state index is 9.45. The van der Waals surface area contributed by atoms with Crippen LogP contribution in [-0.2, 0) is 6.54 Å². The van der Waals surface area contributed by atoms with Gasteiger partial charge in [-0.1, -0.05) is 30.3 Å². The highest BCUT2D eigenvalue weighted by molar-refractivity contribution is 6.61. The molecule has 5 nitrogen and oxygen atoms in total. The molecule has 2 aromatic carbocycles. The third-order valence-electron chi connectivity index (χ3n) is 3.66. The number of hydrogen-bond acceptors (Lipinski definition) is 5. The Morgan fingerprint density at radius 1 is 1.04 bits per heavy atom. The lowest BCUT2D eigenvalue weighted by atomic mass is 9.79. The third kappa shape index (κ3) is 3.44. The van der Waals surface area contributed by atoms with Crippen molar-refractivity contribution in [1.29, 1.82) is 0 Å². The van der Waals surface area contributed by atoms with Gasteiger partial charge in [0.1, 0.15) is 11.6 Å². The first-order valence-corrected chi connectivity index (χ1v) is 7.30. The molecule has 0 aliphatic rings. The smallest absolute Gasteiger partial charge is 0.490 e. The molecule has 0 saturated carbocycles. The average molecular weight is 308 g/mol. The van der Waals surface area contributed by atoms with Crippen molar-refractivity contribution < 1.29 is 14.8 Å². The Morgan fingerprint density at radius 2 is 1.83 bits per heavy atom. The second-order valence-electron chi connectivity index (χ2n) is 5.19. The Bertz CT molecular complexity index is 807. The van der Waals surface area contributed by atoms with Gasteiger partial charge in [-0.2, -0.15) is 0 Å². The molecule has 0 radical (unpaired) electrons. The van der Waals surface area contributed by atoms with Gasteiger partial charge in [0.05, 0.1) is 12.6 Å². The molecular formula is C17H17BN2O3. The van der Waals surface area contributed by atoms with E-state index < -0.39 is 7.12 Å². The van der Waals surface area contributed by atoms with Gasteiger partial charge in [-0.15, -0.1) is 0 Å². The summed E-state index contributed by atoms with van der Waals surface area (Å²) in [6.07, 6.45) is 0. The van der Waals surface area contributed by atoms with Gasteiger partial charge in [0.15, 0.2) is 0 Å². The summed E-state index contributed by atoms with van der Waals surface area (Å²) >= 11 is 0. The minimum absolute atomic E-state index is 0.399. The van der Waals surface area contributed by atoms with Crippen LogP contribution >= 0.6 is 0 Å². The lowest BCUT2D eigenvalue weighted by Crippen LogP contribution is -2.30. The zero-order valence-corrected chi connectivity index (χ0v) is 12.7. The number of anilines is 1. The highest BCUT2D eigenvalue weighted by atomic mass is 16.5. The fraction of sp³-hybridized carbons (Fsp3) is 0.118. The SMILES string of the molecule is COc1ccc(CNc2ccc3cccc(B(O)O)c3n2)cc1. The van der Waals surface area contributed by atoms with Crippen LogP contribution in [0.1, 0.15) is 5.56 Å². The van der Waals surface area contributed by atoms with E-state index in [9.17, 15) is 10.0 Å². The summed E-state index contributed by atoms with van der Waals surface area (Å²) in [5, 5.41) is 23.0. The maximum absolute atomic E-state index is 9.45. The molecule has 0 spiro atoms. The molecule has 0 saturated heterocycles. The fourth-order valence-corrected chi connectivity index (χ4v) is 2.41. The topological polar surface area (TPSA) is 74.6 Å². The molecule has 3 N–H and O–H groups in total. The lowest BCUT2D eigenvalue weighted by Gasteiger charge is -2.10. The number of methoxy groups -OCH3 is 1. The molecule has 0 aliphatic heterocycles. The van der Waals surface area contributed by atoms with Crippen molar-refractivity contribution in [2.24, 2.45) is 0 Å². The Labute approximate surface area is 134 Å². The van der Waals surface area contributed by atoms with E-state index in [0.717, 1.165) is 16.7 Å². The van der Waals surface area contributed by atoms with Crippen molar-refractivity contribution in [2.75, 3.05) is 12.4 Å². The van der Waals surface area contributed by atoms with Crippen LogP contribution in [-0.4, -0.2) is 29.3 Å². The summed E-state index contributed by atoms with van der Waals surface area (Å²) in [5.74, 6) is 1.50. The molecule has 23 heavy (non-hydrogen) atoms. The first-order chi connectivity index (χ1) is 11.2. The summed E-state index contributed by atoms with van der Waals surface area (Å²) < 4.78 is 5.14. The van der Waals surface area contributed by atoms with Gasteiger partial charge in [0.2, 0.25) is 0 Å². The first-order valence-electron chi connectivity index (χ1n) is 7.30. The van der Waals surface area contributed by atoms with Gasteiger partial charge < -0.3 is 20.1 Å². The van der Waals surface area contributed by atoms with Gasteiger partial charge in [-0.25, -0.2) is 4.98 Å². The number of pyridine rings is 1. The molecule has 0 bridgehead atoms. The molecule has 0 unspecified atom stereocenters. The molecule has 1 aromatic heterocycles. The van der Waals surface area contributed by atoms with Crippen molar-refractivity contribution in [3.05, 3.63) is 60.2 Å².